The lowest BCUT2D eigenvalue weighted by atomic mass is 10.1. The normalized spacial score (nSPS) is 11.5. The van der Waals surface area contributed by atoms with E-state index in [0.717, 1.165) is 30.2 Å². The summed E-state index contributed by atoms with van der Waals surface area (Å²) < 4.78 is 14.9. The van der Waals surface area contributed by atoms with Gasteiger partial charge in [-0.3, -0.25) is 4.68 Å². The first-order valence-electron chi connectivity index (χ1n) is 7.42. The molecule has 0 radical (unpaired) electrons. The first-order valence-corrected chi connectivity index (χ1v) is 7.42. The number of halogens is 1. The van der Waals surface area contributed by atoms with Crippen molar-refractivity contribution >= 4 is 5.96 Å². The zero-order chi connectivity index (χ0) is 15.8. The molecule has 0 spiro atoms. The molecule has 0 unspecified atom stereocenters. The van der Waals surface area contributed by atoms with Crippen molar-refractivity contribution in [3.63, 3.8) is 0 Å². The van der Waals surface area contributed by atoms with E-state index in [1.807, 2.05) is 26.1 Å². The van der Waals surface area contributed by atoms with Gasteiger partial charge in [-0.2, -0.15) is 5.10 Å². The molecule has 0 aliphatic rings. The molecule has 22 heavy (non-hydrogen) atoms. The molecule has 2 N–H and O–H groups in total. The maximum Gasteiger partial charge on any atom is 0.191 e. The van der Waals surface area contributed by atoms with Crippen LogP contribution in [0.5, 0.6) is 0 Å². The molecular formula is C16H22FN5. The largest absolute Gasteiger partial charge is 0.357 e. The number of rotatable bonds is 6. The summed E-state index contributed by atoms with van der Waals surface area (Å²) in [5, 5.41) is 10.6. The van der Waals surface area contributed by atoms with E-state index in [1.165, 1.54) is 6.07 Å². The standard InChI is InChI=1S/C16H22FN5/c1-3-18-16(20-12-15-8-10-21-22(15)2)19-9-7-13-5-4-6-14(17)11-13/h4-6,8,10-11H,3,7,9,12H2,1-2H3,(H2,18,19,20). The molecule has 1 heterocycles. The lowest BCUT2D eigenvalue weighted by Crippen LogP contribution is -2.38. The van der Waals surface area contributed by atoms with Gasteiger partial charge in [0.1, 0.15) is 5.82 Å². The molecule has 5 nitrogen and oxygen atoms in total. The highest BCUT2D eigenvalue weighted by atomic mass is 19.1. The number of hydrogen-bond donors (Lipinski definition) is 2. The molecule has 1 aromatic carbocycles. The first kappa shape index (κ1) is 16.0. The Balaban J connectivity index is 1.87. The fourth-order valence-corrected chi connectivity index (χ4v) is 2.08. The van der Waals surface area contributed by atoms with Crippen molar-refractivity contribution in [2.24, 2.45) is 12.0 Å². The maximum atomic E-state index is 13.1. The summed E-state index contributed by atoms with van der Waals surface area (Å²) in [7, 11) is 1.90. The Labute approximate surface area is 130 Å². The highest BCUT2D eigenvalue weighted by Crippen LogP contribution is 2.03. The summed E-state index contributed by atoms with van der Waals surface area (Å²) in [6.45, 7) is 4.07. The van der Waals surface area contributed by atoms with Gasteiger partial charge in [0.05, 0.1) is 12.2 Å². The van der Waals surface area contributed by atoms with Crippen molar-refractivity contribution < 1.29 is 4.39 Å². The van der Waals surface area contributed by atoms with E-state index in [4.69, 9.17) is 0 Å². The number of aliphatic imine (C=N–C) groups is 1. The van der Waals surface area contributed by atoms with Crippen LogP contribution in [0.4, 0.5) is 4.39 Å². The zero-order valence-electron chi connectivity index (χ0n) is 13.0. The van der Waals surface area contributed by atoms with Gasteiger partial charge >= 0.3 is 0 Å². The maximum absolute atomic E-state index is 13.1. The highest BCUT2D eigenvalue weighted by molar-refractivity contribution is 5.79. The van der Waals surface area contributed by atoms with Crippen LogP contribution in [0.2, 0.25) is 0 Å². The Kier molecular flexibility index (Phi) is 5.94. The van der Waals surface area contributed by atoms with Crippen LogP contribution in [-0.4, -0.2) is 28.8 Å². The lowest BCUT2D eigenvalue weighted by molar-refractivity contribution is 0.625. The third kappa shape index (κ3) is 4.87. The quantitative estimate of drug-likeness (QED) is 0.632. The summed E-state index contributed by atoms with van der Waals surface area (Å²) >= 11 is 0. The van der Waals surface area contributed by atoms with Gasteiger partial charge in [-0.05, 0) is 37.1 Å². The average molecular weight is 303 g/mol. The Hall–Kier alpha value is -2.37. The van der Waals surface area contributed by atoms with Gasteiger partial charge in [0.2, 0.25) is 0 Å². The van der Waals surface area contributed by atoms with Gasteiger partial charge in [0, 0.05) is 26.3 Å². The summed E-state index contributed by atoms with van der Waals surface area (Å²) in [5.74, 6) is 0.550. The second kappa shape index (κ2) is 8.17. The second-order valence-corrected chi connectivity index (χ2v) is 4.95. The summed E-state index contributed by atoms with van der Waals surface area (Å²) in [6.07, 6.45) is 2.50. The minimum atomic E-state index is -0.200. The molecule has 0 amide bonds. The fourth-order valence-electron chi connectivity index (χ4n) is 2.08. The molecule has 2 aromatic rings. The third-order valence-electron chi connectivity index (χ3n) is 3.26. The van der Waals surface area contributed by atoms with E-state index in [1.54, 1.807) is 23.0 Å². The predicted molar refractivity (Wildman–Crippen MR) is 86.1 cm³/mol. The number of nitrogens with one attached hydrogen (secondary N) is 2. The van der Waals surface area contributed by atoms with Crippen LogP contribution >= 0.6 is 0 Å². The monoisotopic (exact) mass is 303 g/mol. The molecule has 0 bridgehead atoms. The van der Waals surface area contributed by atoms with Gasteiger partial charge in [0.15, 0.2) is 5.96 Å². The third-order valence-corrected chi connectivity index (χ3v) is 3.26. The second-order valence-electron chi connectivity index (χ2n) is 4.95. The minimum absolute atomic E-state index is 0.200. The van der Waals surface area contributed by atoms with Crippen molar-refractivity contribution in [1.82, 2.24) is 20.4 Å². The van der Waals surface area contributed by atoms with E-state index in [9.17, 15) is 4.39 Å². The first-order chi connectivity index (χ1) is 10.7. The summed E-state index contributed by atoms with van der Waals surface area (Å²) in [6, 6.07) is 8.61. The van der Waals surface area contributed by atoms with Crippen LogP contribution in [0.1, 0.15) is 18.2 Å². The van der Waals surface area contributed by atoms with E-state index in [-0.39, 0.29) is 5.82 Å². The topological polar surface area (TPSA) is 54.2 Å². The molecular weight excluding hydrogens is 281 g/mol. The molecule has 0 aliphatic heterocycles. The molecule has 0 saturated carbocycles. The number of guanidine groups is 1. The lowest BCUT2D eigenvalue weighted by Gasteiger charge is -2.11. The van der Waals surface area contributed by atoms with Gasteiger partial charge in [-0.15, -0.1) is 0 Å². The van der Waals surface area contributed by atoms with Crippen LogP contribution in [0.3, 0.4) is 0 Å². The van der Waals surface area contributed by atoms with Crippen molar-refractivity contribution in [2.45, 2.75) is 19.9 Å². The van der Waals surface area contributed by atoms with Crippen LogP contribution < -0.4 is 10.6 Å². The van der Waals surface area contributed by atoms with E-state index >= 15 is 0 Å². The van der Waals surface area contributed by atoms with Crippen LogP contribution in [0.25, 0.3) is 0 Å². The van der Waals surface area contributed by atoms with Crippen LogP contribution in [-0.2, 0) is 20.0 Å². The van der Waals surface area contributed by atoms with Crippen LogP contribution in [0.15, 0.2) is 41.5 Å². The van der Waals surface area contributed by atoms with Gasteiger partial charge in [-0.1, -0.05) is 12.1 Å². The van der Waals surface area contributed by atoms with E-state index in [0.29, 0.717) is 13.1 Å². The van der Waals surface area contributed by atoms with Crippen molar-refractivity contribution in [3.8, 4) is 0 Å². The van der Waals surface area contributed by atoms with Gasteiger partial charge < -0.3 is 10.6 Å². The van der Waals surface area contributed by atoms with Crippen molar-refractivity contribution in [2.75, 3.05) is 13.1 Å². The van der Waals surface area contributed by atoms with Gasteiger partial charge in [-0.25, -0.2) is 9.38 Å². The fraction of sp³-hybridized carbons (Fsp3) is 0.375. The summed E-state index contributed by atoms with van der Waals surface area (Å²) in [4.78, 5) is 4.53. The number of benzene rings is 1. The Morgan fingerprint density at radius 1 is 1.32 bits per heavy atom. The van der Waals surface area contributed by atoms with Gasteiger partial charge in [0.25, 0.3) is 0 Å². The number of nitrogens with zero attached hydrogens (tertiary/aromatic N) is 3. The van der Waals surface area contributed by atoms with Crippen molar-refractivity contribution in [3.05, 3.63) is 53.6 Å². The Morgan fingerprint density at radius 2 is 2.18 bits per heavy atom. The molecule has 0 fully saturated rings. The smallest absolute Gasteiger partial charge is 0.191 e. The molecule has 0 atom stereocenters. The molecule has 0 aliphatic carbocycles. The SMILES string of the molecule is CCNC(=NCc1ccnn1C)NCCc1cccc(F)c1. The van der Waals surface area contributed by atoms with E-state index in [2.05, 4.69) is 20.7 Å². The van der Waals surface area contributed by atoms with Crippen LogP contribution in [0, 0.1) is 5.82 Å². The minimum Gasteiger partial charge on any atom is -0.357 e. The summed E-state index contributed by atoms with van der Waals surface area (Å²) in [5.41, 5.74) is 2.01. The molecule has 118 valence electrons. The molecule has 6 heteroatoms. The predicted octanol–water partition coefficient (Wildman–Crippen LogP) is 1.86. The molecule has 0 saturated heterocycles. The van der Waals surface area contributed by atoms with E-state index < -0.39 is 0 Å². The highest BCUT2D eigenvalue weighted by Gasteiger charge is 2.01. The zero-order valence-corrected chi connectivity index (χ0v) is 13.0. The Morgan fingerprint density at radius 3 is 2.86 bits per heavy atom. The molecule has 1 aromatic heterocycles. The average Bonchev–Trinajstić information content (AvgIpc) is 2.90. The molecule has 2 rings (SSSR count). The number of aryl methyl sites for hydroxylation is 1. The Bertz CT molecular complexity index is 621. The number of hydrogen-bond acceptors (Lipinski definition) is 2. The van der Waals surface area contributed by atoms with Crippen molar-refractivity contribution in [1.29, 1.82) is 0 Å². The number of aromatic nitrogens is 2.